The average molecular weight is 253 g/mol. The molecule has 1 unspecified atom stereocenters. The van der Waals surface area contributed by atoms with Crippen LogP contribution in [0.2, 0.25) is 0 Å². The summed E-state index contributed by atoms with van der Waals surface area (Å²) in [5.74, 6) is 0.589. The number of hydrogen-bond donors (Lipinski definition) is 1. The van der Waals surface area contributed by atoms with Gasteiger partial charge in [0, 0.05) is 25.7 Å². The molecule has 0 heterocycles. The van der Waals surface area contributed by atoms with E-state index in [1.165, 1.54) is 6.07 Å². The van der Waals surface area contributed by atoms with Crippen LogP contribution in [0.15, 0.2) is 24.3 Å². The van der Waals surface area contributed by atoms with Gasteiger partial charge in [-0.1, -0.05) is 32.0 Å². The molecule has 0 spiro atoms. The van der Waals surface area contributed by atoms with E-state index in [1.54, 1.807) is 6.07 Å². The lowest BCUT2D eigenvalue weighted by Crippen LogP contribution is -2.20. The molecule has 1 rings (SSSR count). The monoisotopic (exact) mass is 253 g/mol. The number of hydrogen-bond acceptors (Lipinski definition) is 2. The molecule has 0 saturated heterocycles. The molecule has 2 nitrogen and oxygen atoms in total. The minimum absolute atomic E-state index is 0.124. The van der Waals surface area contributed by atoms with Gasteiger partial charge in [-0.3, -0.25) is 0 Å². The van der Waals surface area contributed by atoms with E-state index in [0.717, 1.165) is 25.1 Å². The Bertz CT molecular complexity index is 341. The molecule has 0 saturated carbocycles. The minimum atomic E-state index is -0.124. The highest BCUT2D eigenvalue weighted by atomic mass is 19.1. The third kappa shape index (κ3) is 5.15. The third-order valence-electron chi connectivity index (χ3n) is 2.86. The largest absolute Gasteiger partial charge is 0.381 e. The molecule has 0 aromatic heterocycles. The summed E-state index contributed by atoms with van der Waals surface area (Å²) in [7, 11) is 1.89. The molecule has 0 aliphatic rings. The van der Waals surface area contributed by atoms with Crippen LogP contribution >= 0.6 is 0 Å². The summed E-state index contributed by atoms with van der Waals surface area (Å²) in [6.45, 7) is 6.47. The van der Waals surface area contributed by atoms with Gasteiger partial charge in [0.25, 0.3) is 0 Å². The van der Waals surface area contributed by atoms with E-state index in [0.29, 0.717) is 12.5 Å². The van der Waals surface area contributed by atoms with E-state index in [-0.39, 0.29) is 11.7 Å². The SMILES string of the molecule is CNCC(CCOCC(C)C)c1ccccc1F. The fraction of sp³-hybridized carbons (Fsp3) is 0.600. The first-order valence-electron chi connectivity index (χ1n) is 6.62. The van der Waals surface area contributed by atoms with E-state index in [1.807, 2.05) is 19.2 Å². The van der Waals surface area contributed by atoms with E-state index in [2.05, 4.69) is 19.2 Å². The highest BCUT2D eigenvalue weighted by Gasteiger charge is 2.14. The van der Waals surface area contributed by atoms with Gasteiger partial charge in [0.15, 0.2) is 0 Å². The van der Waals surface area contributed by atoms with Crippen molar-refractivity contribution in [1.82, 2.24) is 5.32 Å². The Balaban J connectivity index is 2.52. The topological polar surface area (TPSA) is 21.3 Å². The Labute approximate surface area is 110 Å². The second-order valence-electron chi connectivity index (χ2n) is 5.03. The highest BCUT2D eigenvalue weighted by Crippen LogP contribution is 2.22. The summed E-state index contributed by atoms with van der Waals surface area (Å²) < 4.78 is 19.3. The second-order valence-corrected chi connectivity index (χ2v) is 5.03. The number of nitrogens with one attached hydrogen (secondary N) is 1. The zero-order valence-electron chi connectivity index (χ0n) is 11.6. The summed E-state index contributed by atoms with van der Waals surface area (Å²) in [5, 5.41) is 3.12. The molecular weight excluding hydrogens is 229 g/mol. The maximum atomic E-state index is 13.7. The van der Waals surface area contributed by atoms with Crippen LogP contribution in [0.5, 0.6) is 0 Å². The van der Waals surface area contributed by atoms with Crippen molar-refractivity contribution >= 4 is 0 Å². The molecule has 1 N–H and O–H groups in total. The standard InChI is InChI=1S/C15H24FNO/c1-12(2)11-18-9-8-13(10-17-3)14-6-4-5-7-15(14)16/h4-7,12-13,17H,8-11H2,1-3H3. The Morgan fingerprint density at radius 1 is 1.28 bits per heavy atom. The van der Waals surface area contributed by atoms with Crippen molar-refractivity contribution in [3.05, 3.63) is 35.6 Å². The van der Waals surface area contributed by atoms with Gasteiger partial charge in [-0.15, -0.1) is 0 Å². The molecule has 0 aliphatic carbocycles. The maximum absolute atomic E-state index is 13.7. The van der Waals surface area contributed by atoms with Crippen molar-refractivity contribution in [2.75, 3.05) is 26.8 Å². The quantitative estimate of drug-likeness (QED) is 0.718. The highest BCUT2D eigenvalue weighted by molar-refractivity contribution is 5.22. The van der Waals surface area contributed by atoms with E-state index in [9.17, 15) is 4.39 Å². The summed E-state index contributed by atoms with van der Waals surface area (Å²) >= 11 is 0. The minimum Gasteiger partial charge on any atom is -0.381 e. The fourth-order valence-electron chi connectivity index (χ4n) is 1.96. The van der Waals surface area contributed by atoms with Crippen molar-refractivity contribution in [3.8, 4) is 0 Å². The van der Waals surface area contributed by atoms with Gasteiger partial charge < -0.3 is 10.1 Å². The first kappa shape index (κ1) is 15.1. The normalized spacial score (nSPS) is 12.9. The lowest BCUT2D eigenvalue weighted by atomic mass is 9.95. The van der Waals surface area contributed by atoms with Crippen LogP contribution in [0.25, 0.3) is 0 Å². The van der Waals surface area contributed by atoms with Crippen molar-refractivity contribution in [3.63, 3.8) is 0 Å². The van der Waals surface area contributed by atoms with Crippen molar-refractivity contribution in [2.45, 2.75) is 26.2 Å². The molecule has 3 heteroatoms. The van der Waals surface area contributed by atoms with Crippen LogP contribution in [0, 0.1) is 11.7 Å². The number of halogens is 1. The van der Waals surface area contributed by atoms with Crippen LogP contribution in [0.4, 0.5) is 4.39 Å². The molecule has 0 bridgehead atoms. The molecule has 0 amide bonds. The summed E-state index contributed by atoms with van der Waals surface area (Å²) in [6.07, 6.45) is 0.842. The van der Waals surface area contributed by atoms with Crippen molar-refractivity contribution in [2.24, 2.45) is 5.92 Å². The molecular formula is C15H24FNO. The van der Waals surface area contributed by atoms with Crippen LogP contribution in [0.1, 0.15) is 31.7 Å². The zero-order valence-corrected chi connectivity index (χ0v) is 11.6. The summed E-state index contributed by atoms with van der Waals surface area (Å²) in [4.78, 5) is 0. The Kier molecular flexibility index (Phi) is 6.91. The van der Waals surface area contributed by atoms with Crippen LogP contribution in [-0.4, -0.2) is 26.8 Å². The molecule has 0 fully saturated rings. The fourth-order valence-corrected chi connectivity index (χ4v) is 1.96. The lowest BCUT2D eigenvalue weighted by molar-refractivity contribution is 0.103. The van der Waals surface area contributed by atoms with Crippen LogP contribution in [-0.2, 0) is 4.74 Å². The van der Waals surface area contributed by atoms with Gasteiger partial charge in [-0.2, -0.15) is 0 Å². The zero-order chi connectivity index (χ0) is 13.4. The van der Waals surface area contributed by atoms with Crippen molar-refractivity contribution in [1.29, 1.82) is 0 Å². The van der Waals surface area contributed by atoms with Gasteiger partial charge in [-0.25, -0.2) is 4.39 Å². The predicted octanol–water partition coefficient (Wildman–Crippen LogP) is 3.19. The van der Waals surface area contributed by atoms with E-state index >= 15 is 0 Å². The average Bonchev–Trinajstić information content (AvgIpc) is 2.34. The molecule has 1 atom stereocenters. The molecule has 18 heavy (non-hydrogen) atoms. The first-order valence-corrected chi connectivity index (χ1v) is 6.62. The first-order chi connectivity index (χ1) is 8.65. The number of benzene rings is 1. The second kappa shape index (κ2) is 8.22. The van der Waals surface area contributed by atoms with E-state index < -0.39 is 0 Å². The van der Waals surface area contributed by atoms with Crippen LogP contribution < -0.4 is 5.32 Å². The lowest BCUT2D eigenvalue weighted by Gasteiger charge is -2.18. The summed E-state index contributed by atoms with van der Waals surface area (Å²) in [6, 6.07) is 6.99. The van der Waals surface area contributed by atoms with E-state index in [4.69, 9.17) is 4.74 Å². The molecule has 0 radical (unpaired) electrons. The van der Waals surface area contributed by atoms with Gasteiger partial charge >= 0.3 is 0 Å². The number of rotatable bonds is 8. The molecule has 0 aliphatic heterocycles. The third-order valence-corrected chi connectivity index (χ3v) is 2.86. The Morgan fingerprint density at radius 3 is 2.61 bits per heavy atom. The Hall–Kier alpha value is -0.930. The molecule has 102 valence electrons. The van der Waals surface area contributed by atoms with Gasteiger partial charge in [0.05, 0.1) is 0 Å². The van der Waals surface area contributed by atoms with Crippen molar-refractivity contribution < 1.29 is 9.13 Å². The van der Waals surface area contributed by atoms with Gasteiger partial charge in [-0.05, 0) is 31.0 Å². The van der Waals surface area contributed by atoms with Gasteiger partial charge in [0.2, 0.25) is 0 Å². The summed E-state index contributed by atoms with van der Waals surface area (Å²) in [5.41, 5.74) is 0.778. The van der Waals surface area contributed by atoms with Gasteiger partial charge in [0.1, 0.15) is 5.82 Å². The molecule has 1 aromatic rings. The maximum Gasteiger partial charge on any atom is 0.126 e. The Morgan fingerprint density at radius 2 is 2.00 bits per heavy atom. The molecule has 1 aromatic carbocycles. The smallest absolute Gasteiger partial charge is 0.126 e. The van der Waals surface area contributed by atoms with Crippen LogP contribution in [0.3, 0.4) is 0 Å². The number of likely N-dealkylation sites (N-methyl/N-ethyl adjacent to an activating group) is 1. The predicted molar refractivity (Wildman–Crippen MR) is 73.3 cm³/mol. The number of ether oxygens (including phenoxy) is 1.